The van der Waals surface area contributed by atoms with E-state index in [-0.39, 0.29) is 6.79 Å². The Kier molecular flexibility index (Phi) is 3.63. The maximum atomic E-state index is 11.5. The van der Waals surface area contributed by atoms with Gasteiger partial charge in [-0.05, 0) is 25.5 Å². The van der Waals surface area contributed by atoms with Gasteiger partial charge in [0.2, 0.25) is 6.79 Å². The largest absolute Gasteiger partial charge is 0.465 e. The van der Waals surface area contributed by atoms with Crippen molar-refractivity contribution in [2.75, 3.05) is 13.3 Å². The second-order valence-electron chi connectivity index (χ2n) is 5.99. The smallest absolute Gasteiger partial charge is 0.407 e. The molecule has 7 nitrogen and oxygen atoms in total. The van der Waals surface area contributed by atoms with E-state index >= 15 is 0 Å². The molecule has 2 N–H and O–H groups in total. The minimum absolute atomic E-state index is 0.193. The van der Waals surface area contributed by atoms with E-state index in [1.807, 2.05) is 32.1 Å². The van der Waals surface area contributed by atoms with Gasteiger partial charge in [-0.1, -0.05) is 6.08 Å². The van der Waals surface area contributed by atoms with Gasteiger partial charge >= 0.3 is 6.09 Å². The molecule has 1 aromatic carbocycles. The first-order chi connectivity index (χ1) is 12.1. The van der Waals surface area contributed by atoms with Crippen molar-refractivity contribution in [3.8, 4) is 11.5 Å². The molecule has 130 valence electrons. The standard InChI is InChI=1S/C18H19N3O4/c1-3-13-17-11(7-19-13)12(8-21(4-2)18(22)23)10-5-15-16(25-9-24-15)6-14(10)20-17/h3,5-6,19H,4,7-9H2,1-2H3,(H,22,23)/b13-3-. The summed E-state index contributed by atoms with van der Waals surface area (Å²) in [6, 6.07) is 3.77. The summed E-state index contributed by atoms with van der Waals surface area (Å²) in [4.78, 5) is 17.7. The van der Waals surface area contributed by atoms with Gasteiger partial charge in [0.05, 0.1) is 23.5 Å². The average molecular weight is 341 g/mol. The van der Waals surface area contributed by atoms with E-state index in [0.717, 1.165) is 33.4 Å². The molecule has 2 aliphatic rings. The number of benzene rings is 1. The SMILES string of the molecule is C/C=C1\NCc2c1nc1cc3c(cc1c2CN(CC)C(=O)O)OCO3. The van der Waals surface area contributed by atoms with Crippen molar-refractivity contribution < 1.29 is 19.4 Å². The highest BCUT2D eigenvalue weighted by Gasteiger charge is 2.26. The van der Waals surface area contributed by atoms with Gasteiger partial charge in [0.25, 0.3) is 0 Å². The van der Waals surface area contributed by atoms with Gasteiger partial charge in [0.1, 0.15) is 0 Å². The summed E-state index contributed by atoms with van der Waals surface area (Å²) in [5, 5.41) is 13.7. The maximum absolute atomic E-state index is 11.5. The monoisotopic (exact) mass is 341 g/mol. The molecule has 2 aliphatic heterocycles. The topological polar surface area (TPSA) is 83.9 Å². The van der Waals surface area contributed by atoms with E-state index < -0.39 is 6.09 Å². The minimum Gasteiger partial charge on any atom is -0.465 e. The number of hydrogen-bond acceptors (Lipinski definition) is 5. The highest BCUT2D eigenvalue weighted by atomic mass is 16.7. The number of amides is 1. The molecule has 0 radical (unpaired) electrons. The molecule has 25 heavy (non-hydrogen) atoms. The Bertz CT molecular complexity index is 907. The number of carboxylic acid groups (broad SMARTS) is 1. The first-order valence-electron chi connectivity index (χ1n) is 8.26. The highest BCUT2D eigenvalue weighted by molar-refractivity contribution is 5.90. The fourth-order valence-corrected chi connectivity index (χ4v) is 3.36. The van der Waals surface area contributed by atoms with Crippen molar-refractivity contribution >= 4 is 22.7 Å². The van der Waals surface area contributed by atoms with Gasteiger partial charge in [-0.3, -0.25) is 0 Å². The fraction of sp³-hybridized carbons (Fsp3) is 0.333. The summed E-state index contributed by atoms with van der Waals surface area (Å²) in [6.07, 6.45) is 1.05. The van der Waals surface area contributed by atoms with Gasteiger partial charge in [-0.15, -0.1) is 0 Å². The van der Waals surface area contributed by atoms with E-state index in [2.05, 4.69) is 5.32 Å². The summed E-state index contributed by atoms with van der Waals surface area (Å²) in [6.45, 7) is 5.35. The van der Waals surface area contributed by atoms with E-state index in [4.69, 9.17) is 14.5 Å². The third-order valence-corrected chi connectivity index (χ3v) is 4.70. The van der Waals surface area contributed by atoms with E-state index in [1.54, 1.807) is 0 Å². The van der Waals surface area contributed by atoms with Crippen molar-refractivity contribution in [1.82, 2.24) is 15.2 Å². The first-order valence-corrected chi connectivity index (χ1v) is 8.26. The summed E-state index contributed by atoms with van der Waals surface area (Å²) in [7, 11) is 0. The molecule has 1 aromatic heterocycles. The predicted molar refractivity (Wildman–Crippen MR) is 92.5 cm³/mol. The second kappa shape index (κ2) is 5.84. The first kappa shape index (κ1) is 15.6. The summed E-state index contributed by atoms with van der Waals surface area (Å²) >= 11 is 0. The molecular weight excluding hydrogens is 322 g/mol. The van der Waals surface area contributed by atoms with E-state index in [0.29, 0.717) is 31.1 Å². The number of ether oxygens (including phenoxy) is 2. The zero-order valence-corrected chi connectivity index (χ0v) is 14.1. The Morgan fingerprint density at radius 2 is 2.16 bits per heavy atom. The van der Waals surface area contributed by atoms with Crippen LogP contribution in [0.5, 0.6) is 11.5 Å². The van der Waals surface area contributed by atoms with Crippen LogP contribution in [0.15, 0.2) is 18.2 Å². The van der Waals surface area contributed by atoms with Gasteiger partial charge in [-0.2, -0.15) is 0 Å². The number of hydrogen-bond donors (Lipinski definition) is 2. The van der Waals surface area contributed by atoms with Gasteiger partial charge in [-0.25, -0.2) is 9.78 Å². The quantitative estimate of drug-likeness (QED) is 0.893. The molecule has 0 saturated carbocycles. The van der Waals surface area contributed by atoms with Crippen molar-refractivity contribution in [3.05, 3.63) is 35.0 Å². The molecule has 0 unspecified atom stereocenters. The lowest BCUT2D eigenvalue weighted by Gasteiger charge is -2.20. The Balaban J connectivity index is 1.95. The number of allylic oxidation sites excluding steroid dienone is 1. The number of carbonyl (C=O) groups is 1. The molecule has 0 fully saturated rings. The van der Waals surface area contributed by atoms with Gasteiger partial charge in [0, 0.05) is 30.1 Å². The van der Waals surface area contributed by atoms with Crippen LogP contribution in [-0.2, 0) is 13.1 Å². The van der Waals surface area contributed by atoms with Crippen LogP contribution in [0.4, 0.5) is 4.79 Å². The minimum atomic E-state index is -0.931. The fourth-order valence-electron chi connectivity index (χ4n) is 3.36. The molecular formula is C18H19N3O4. The molecule has 1 amide bonds. The average Bonchev–Trinajstić information content (AvgIpc) is 3.22. The molecule has 0 spiro atoms. The summed E-state index contributed by atoms with van der Waals surface area (Å²) in [5.41, 5.74) is 4.63. The van der Waals surface area contributed by atoms with Crippen LogP contribution in [0.2, 0.25) is 0 Å². The Morgan fingerprint density at radius 3 is 2.84 bits per heavy atom. The van der Waals surface area contributed by atoms with Crippen molar-refractivity contribution in [3.63, 3.8) is 0 Å². The zero-order valence-electron chi connectivity index (χ0n) is 14.1. The van der Waals surface area contributed by atoms with Crippen LogP contribution in [0.3, 0.4) is 0 Å². The summed E-state index contributed by atoms with van der Waals surface area (Å²) < 4.78 is 11.0. The van der Waals surface area contributed by atoms with E-state index in [9.17, 15) is 9.90 Å². The number of nitrogens with one attached hydrogen (secondary N) is 1. The van der Waals surface area contributed by atoms with Crippen LogP contribution >= 0.6 is 0 Å². The third kappa shape index (κ3) is 2.43. The van der Waals surface area contributed by atoms with Gasteiger partial charge < -0.3 is 24.8 Å². The third-order valence-electron chi connectivity index (χ3n) is 4.70. The van der Waals surface area contributed by atoms with Crippen LogP contribution in [0.1, 0.15) is 30.7 Å². The molecule has 0 atom stereocenters. The van der Waals surface area contributed by atoms with Crippen molar-refractivity contribution in [1.29, 1.82) is 0 Å². The van der Waals surface area contributed by atoms with Crippen LogP contribution in [0, 0.1) is 0 Å². The lowest BCUT2D eigenvalue weighted by molar-refractivity contribution is 0.145. The number of fused-ring (bicyclic) bond motifs is 3. The Labute approximate surface area is 144 Å². The Morgan fingerprint density at radius 1 is 1.40 bits per heavy atom. The number of nitrogens with zero attached hydrogens (tertiary/aromatic N) is 2. The number of rotatable bonds is 3. The predicted octanol–water partition coefficient (Wildman–Crippen LogP) is 2.93. The molecule has 2 aromatic rings. The summed E-state index contributed by atoms with van der Waals surface area (Å²) in [5.74, 6) is 1.34. The second-order valence-corrected chi connectivity index (χ2v) is 5.99. The lowest BCUT2D eigenvalue weighted by atomic mass is 10.00. The van der Waals surface area contributed by atoms with Crippen LogP contribution in [-0.4, -0.2) is 34.4 Å². The number of aromatic nitrogens is 1. The highest BCUT2D eigenvalue weighted by Crippen LogP contribution is 2.39. The molecule has 0 bridgehead atoms. The molecule has 3 heterocycles. The normalized spacial score (nSPS) is 16.2. The Hall–Kier alpha value is -2.96. The lowest BCUT2D eigenvalue weighted by Crippen LogP contribution is -2.29. The van der Waals surface area contributed by atoms with Gasteiger partial charge in [0.15, 0.2) is 11.5 Å². The zero-order chi connectivity index (χ0) is 17.6. The number of pyridine rings is 1. The van der Waals surface area contributed by atoms with Crippen LogP contribution in [0.25, 0.3) is 16.6 Å². The maximum Gasteiger partial charge on any atom is 0.407 e. The molecule has 0 aliphatic carbocycles. The van der Waals surface area contributed by atoms with Crippen LogP contribution < -0.4 is 14.8 Å². The molecule has 4 rings (SSSR count). The molecule has 0 saturated heterocycles. The van der Waals surface area contributed by atoms with Crippen molar-refractivity contribution in [2.45, 2.75) is 26.9 Å². The molecule has 7 heteroatoms. The van der Waals surface area contributed by atoms with E-state index in [1.165, 1.54) is 4.90 Å². The van der Waals surface area contributed by atoms with Crippen molar-refractivity contribution in [2.24, 2.45) is 0 Å².